The second kappa shape index (κ2) is 16.8. The lowest BCUT2D eigenvalue weighted by Gasteiger charge is -2.40. The Morgan fingerprint density at radius 1 is 0.816 bits per heavy atom. The van der Waals surface area contributed by atoms with Gasteiger partial charge in [-0.1, -0.05) is 80.1 Å². The molecule has 3 aliphatic carbocycles. The summed E-state index contributed by atoms with van der Waals surface area (Å²) in [6.45, 7) is 10.9. The molecule has 5 N–H and O–H groups in total. The standard InChI is InChI=1S/C37H61N5O7/c1-7-13-25(30(44)35(48)38-24-18-19-24)39-32(45)27-20-23-16-11-12-17-26(23)42(27)36(49)31(37(4,5)6)41-33(46)28(22-14-9-8-10-15-22)40-34(47)29(43)21(2)3/h21-29,31,43H,7-20H2,1-6H3,(H,38,48)(H,39,45)(H,40,47)(H,41,46)/t23?,25-,26?,27+,28-,29-,31+/m0/s1. The number of aliphatic hydroxyl groups is 1. The number of nitrogens with one attached hydrogen (secondary N) is 4. The first-order valence-corrected chi connectivity index (χ1v) is 18.9. The van der Waals surface area contributed by atoms with Crippen LogP contribution in [0.1, 0.15) is 131 Å². The molecule has 0 radical (unpaired) electrons. The van der Waals surface area contributed by atoms with E-state index in [1.54, 1.807) is 18.7 Å². The summed E-state index contributed by atoms with van der Waals surface area (Å²) in [7, 11) is 0. The molecule has 2 unspecified atom stereocenters. The van der Waals surface area contributed by atoms with Crippen LogP contribution < -0.4 is 21.3 Å². The van der Waals surface area contributed by atoms with E-state index in [9.17, 15) is 33.9 Å². The molecule has 0 aromatic rings. The average molecular weight is 688 g/mol. The number of rotatable bonds is 14. The summed E-state index contributed by atoms with van der Waals surface area (Å²) in [5, 5.41) is 21.9. The Bertz CT molecular complexity index is 1220. The number of aliphatic hydroxyl groups excluding tert-OH is 1. The molecule has 0 aromatic heterocycles. The minimum Gasteiger partial charge on any atom is -0.383 e. The van der Waals surface area contributed by atoms with E-state index in [2.05, 4.69) is 21.3 Å². The van der Waals surface area contributed by atoms with Crippen LogP contribution in [0.5, 0.6) is 0 Å². The van der Waals surface area contributed by atoms with Crippen molar-refractivity contribution in [1.82, 2.24) is 26.2 Å². The van der Waals surface area contributed by atoms with Crippen LogP contribution in [0.4, 0.5) is 0 Å². The Balaban J connectivity index is 1.58. The Hall–Kier alpha value is -3.02. The molecule has 0 bridgehead atoms. The highest BCUT2D eigenvalue weighted by molar-refractivity contribution is 6.38. The van der Waals surface area contributed by atoms with Gasteiger partial charge in [-0.05, 0) is 74.5 Å². The van der Waals surface area contributed by atoms with Crippen molar-refractivity contribution in [3.8, 4) is 0 Å². The van der Waals surface area contributed by atoms with Crippen LogP contribution in [-0.2, 0) is 28.8 Å². The number of nitrogens with zero attached hydrogens (tertiary/aromatic N) is 1. The third-order valence-electron chi connectivity index (χ3n) is 11.0. The van der Waals surface area contributed by atoms with Crippen LogP contribution >= 0.6 is 0 Å². The van der Waals surface area contributed by atoms with Gasteiger partial charge in [-0.15, -0.1) is 0 Å². The first-order chi connectivity index (χ1) is 23.1. The molecule has 1 aliphatic heterocycles. The molecule has 4 rings (SSSR count). The number of carbonyl (C=O) groups is 6. The van der Waals surface area contributed by atoms with Crippen LogP contribution in [-0.4, -0.2) is 87.7 Å². The lowest BCUT2D eigenvalue weighted by Crippen LogP contribution is -2.63. The van der Waals surface area contributed by atoms with Crippen LogP contribution in [0, 0.1) is 23.2 Å². The van der Waals surface area contributed by atoms with E-state index < -0.39 is 65.1 Å². The zero-order valence-electron chi connectivity index (χ0n) is 30.5. The second-order valence-corrected chi connectivity index (χ2v) is 16.5. The maximum absolute atomic E-state index is 14.8. The highest BCUT2D eigenvalue weighted by atomic mass is 16.3. The molecular formula is C37H61N5O7. The smallest absolute Gasteiger partial charge is 0.289 e. The summed E-state index contributed by atoms with van der Waals surface area (Å²) >= 11 is 0. The van der Waals surface area contributed by atoms with Crippen molar-refractivity contribution < 1.29 is 33.9 Å². The number of Topliss-reactive ketones (excluding diaryl/α,β-unsaturated/α-hetero) is 1. The van der Waals surface area contributed by atoms with E-state index in [0.717, 1.165) is 70.6 Å². The highest BCUT2D eigenvalue weighted by Gasteiger charge is 2.51. The first-order valence-electron chi connectivity index (χ1n) is 18.9. The molecule has 12 heteroatoms. The van der Waals surface area contributed by atoms with Gasteiger partial charge in [0.1, 0.15) is 24.2 Å². The van der Waals surface area contributed by atoms with Gasteiger partial charge in [-0.2, -0.15) is 0 Å². The molecule has 3 saturated carbocycles. The van der Waals surface area contributed by atoms with Crippen molar-refractivity contribution >= 4 is 35.3 Å². The van der Waals surface area contributed by atoms with Gasteiger partial charge in [0.2, 0.25) is 29.4 Å². The number of fused-ring (bicyclic) bond motifs is 1. The van der Waals surface area contributed by atoms with Gasteiger partial charge in [-0.25, -0.2) is 0 Å². The summed E-state index contributed by atoms with van der Waals surface area (Å²) < 4.78 is 0. The third-order valence-corrected chi connectivity index (χ3v) is 11.0. The predicted octanol–water partition coefficient (Wildman–Crippen LogP) is 2.89. The molecule has 49 heavy (non-hydrogen) atoms. The van der Waals surface area contributed by atoms with E-state index in [1.165, 1.54) is 0 Å². The molecule has 7 atom stereocenters. The van der Waals surface area contributed by atoms with Crippen molar-refractivity contribution in [2.45, 2.75) is 174 Å². The first kappa shape index (κ1) is 38.8. The number of amides is 5. The monoisotopic (exact) mass is 687 g/mol. The quantitative estimate of drug-likeness (QED) is 0.175. The Kier molecular flexibility index (Phi) is 13.3. The van der Waals surface area contributed by atoms with Gasteiger partial charge < -0.3 is 31.3 Å². The normalized spacial score (nSPS) is 25.4. The number of ketones is 1. The number of hydrogen-bond donors (Lipinski definition) is 5. The highest BCUT2D eigenvalue weighted by Crippen LogP contribution is 2.41. The fourth-order valence-electron chi connectivity index (χ4n) is 7.92. The molecule has 276 valence electrons. The van der Waals surface area contributed by atoms with Crippen LogP contribution in [0.15, 0.2) is 0 Å². The van der Waals surface area contributed by atoms with Gasteiger partial charge >= 0.3 is 0 Å². The van der Waals surface area contributed by atoms with Crippen LogP contribution in [0.2, 0.25) is 0 Å². The van der Waals surface area contributed by atoms with Crippen molar-refractivity contribution in [1.29, 1.82) is 0 Å². The number of likely N-dealkylation sites (tertiary alicyclic amines) is 1. The van der Waals surface area contributed by atoms with Gasteiger partial charge in [0, 0.05) is 12.1 Å². The SMILES string of the molecule is CCC[C@H](NC(=O)[C@H]1CC2CCCCC2N1C(=O)[C@@H](NC(=O)[C@@H](NC(=O)[C@@H](O)C(C)C)C1CCCCC1)C(C)(C)C)C(=O)C(=O)NC1CC1. The van der Waals surface area contributed by atoms with E-state index in [1.807, 2.05) is 27.7 Å². The molecular weight excluding hydrogens is 626 g/mol. The summed E-state index contributed by atoms with van der Waals surface area (Å²) in [5.74, 6) is -3.62. The fraction of sp³-hybridized carbons (Fsp3) is 0.838. The van der Waals surface area contributed by atoms with Gasteiger partial charge in [0.25, 0.3) is 5.91 Å². The molecule has 12 nitrogen and oxygen atoms in total. The fourth-order valence-corrected chi connectivity index (χ4v) is 7.92. The van der Waals surface area contributed by atoms with Crippen molar-refractivity contribution in [2.75, 3.05) is 0 Å². The Morgan fingerprint density at radius 3 is 2.04 bits per heavy atom. The zero-order chi connectivity index (χ0) is 36.0. The Morgan fingerprint density at radius 2 is 1.45 bits per heavy atom. The van der Waals surface area contributed by atoms with Crippen molar-refractivity contribution in [3.63, 3.8) is 0 Å². The van der Waals surface area contributed by atoms with E-state index in [-0.39, 0.29) is 35.7 Å². The van der Waals surface area contributed by atoms with Crippen LogP contribution in [0.3, 0.4) is 0 Å². The molecule has 0 spiro atoms. The number of carbonyl (C=O) groups excluding carboxylic acids is 6. The van der Waals surface area contributed by atoms with Gasteiger partial charge in [0.05, 0.1) is 6.04 Å². The van der Waals surface area contributed by atoms with E-state index in [4.69, 9.17) is 0 Å². The van der Waals surface area contributed by atoms with Crippen molar-refractivity contribution in [3.05, 3.63) is 0 Å². The minimum atomic E-state index is -1.27. The minimum absolute atomic E-state index is 0.0105. The summed E-state index contributed by atoms with van der Waals surface area (Å²) in [5.41, 5.74) is -0.749. The third kappa shape index (κ3) is 9.82. The lowest BCUT2D eigenvalue weighted by molar-refractivity contribution is -0.148. The van der Waals surface area contributed by atoms with Gasteiger partial charge in [-0.3, -0.25) is 28.8 Å². The Labute approximate surface area is 292 Å². The summed E-state index contributed by atoms with van der Waals surface area (Å²) in [6.07, 6.45) is 9.66. The maximum Gasteiger partial charge on any atom is 0.289 e. The van der Waals surface area contributed by atoms with E-state index in [0.29, 0.717) is 19.3 Å². The van der Waals surface area contributed by atoms with E-state index >= 15 is 0 Å². The maximum atomic E-state index is 14.8. The number of hydrogen-bond acceptors (Lipinski definition) is 7. The molecule has 1 heterocycles. The second-order valence-electron chi connectivity index (χ2n) is 16.5. The summed E-state index contributed by atoms with van der Waals surface area (Å²) in [6, 6.07) is -3.94. The lowest BCUT2D eigenvalue weighted by atomic mass is 9.81. The van der Waals surface area contributed by atoms with Crippen LogP contribution in [0.25, 0.3) is 0 Å². The topological polar surface area (TPSA) is 174 Å². The van der Waals surface area contributed by atoms with Crippen molar-refractivity contribution in [2.24, 2.45) is 23.2 Å². The molecule has 0 aromatic carbocycles. The molecule has 4 aliphatic rings. The average Bonchev–Trinajstić information content (AvgIpc) is 3.79. The summed E-state index contributed by atoms with van der Waals surface area (Å²) in [4.78, 5) is 83.4. The predicted molar refractivity (Wildman–Crippen MR) is 185 cm³/mol. The van der Waals surface area contributed by atoms with Gasteiger partial charge in [0.15, 0.2) is 0 Å². The largest absolute Gasteiger partial charge is 0.383 e. The molecule has 4 fully saturated rings. The molecule has 5 amide bonds. The zero-order valence-corrected chi connectivity index (χ0v) is 30.5. The molecule has 1 saturated heterocycles.